The quantitative estimate of drug-likeness (QED) is 0.506. The van der Waals surface area contributed by atoms with Crippen molar-refractivity contribution in [3.8, 4) is 5.75 Å². The van der Waals surface area contributed by atoms with Gasteiger partial charge in [0, 0.05) is 35.4 Å². The van der Waals surface area contributed by atoms with Gasteiger partial charge in [-0.1, -0.05) is 30.7 Å². The van der Waals surface area contributed by atoms with Crippen LogP contribution < -0.4 is 4.74 Å². The van der Waals surface area contributed by atoms with Crippen molar-refractivity contribution in [2.45, 2.75) is 32.7 Å². The highest BCUT2D eigenvalue weighted by atomic mass is 35.5. The minimum atomic E-state index is -0.397. The van der Waals surface area contributed by atoms with Crippen LogP contribution in [0.2, 0.25) is 5.15 Å². The van der Waals surface area contributed by atoms with E-state index in [-0.39, 0.29) is 11.7 Å². The van der Waals surface area contributed by atoms with E-state index in [2.05, 4.69) is 10.1 Å². The van der Waals surface area contributed by atoms with E-state index in [1.165, 1.54) is 17.1 Å². The lowest BCUT2D eigenvalue weighted by Crippen LogP contribution is -2.26. The molecule has 5 nitrogen and oxygen atoms in total. The maximum atomic E-state index is 13.7. The SMILES string of the molecule is CCOc1ccc2cc(C3CC(c4cccc(F)c4)=NN3C(=O)CC)c(Cl)nc2c1. The number of amides is 1. The molecule has 0 saturated heterocycles. The normalized spacial score (nSPS) is 16.1. The molecule has 2 heterocycles. The number of fused-ring (bicyclic) bond motifs is 1. The Morgan fingerprint density at radius 1 is 1.23 bits per heavy atom. The summed E-state index contributed by atoms with van der Waals surface area (Å²) in [6.07, 6.45) is 0.728. The Labute approximate surface area is 179 Å². The number of nitrogens with zero attached hydrogens (tertiary/aromatic N) is 3. The highest BCUT2D eigenvalue weighted by Gasteiger charge is 2.34. The van der Waals surface area contributed by atoms with Crippen LogP contribution in [-0.2, 0) is 4.79 Å². The van der Waals surface area contributed by atoms with Gasteiger partial charge in [0.1, 0.15) is 16.7 Å². The third-order valence-electron chi connectivity index (χ3n) is 5.07. The minimum absolute atomic E-state index is 0.130. The first-order chi connectivity index (χ1) is 14.5. The van der Waals surface area contributed by atoms with Crippen molar-refractivity contribution in [3.05, 3.63) is 70.6 Å². The van der Waals surface area contributed by atoms with Crippen molar-refractivity contribution in [1.29, 1.82) is 0 Å². The van der Waals surface area contributed by atoms with Crippen LogP contribution >= 0.6 is 11.6 Å². The first kappa shape index (κ1) is 20.3. The molecule has 0 aliphatic carbocycles. The topological polar surface area (TPSA) is 54.8 Å². The summed E-state index contributed by atoms with van der Waals surface area (Å²) in [7, 11) is 0. The number of carbonyl (C=O) groups excluding carboxylic acids is 1. The Hall–Kier alpha value is -2.99. The summed E-state index contributed by atoms with van der Waals surface area (Å²) >= 11 is 6.54. The maximum absolute atomic E-state index is 13.7. The molecule has 0 N–H and O–H groups in total. The van der Waals surface area contributed by atoms with Crippen LogP contribution in [0.15, 0.2) is 53.6 Å². The largest absolute Gasteiger partial charge is 0.494 e. The number of hydrazone groups is 1. The molecule has 7 heteroatoms. The van der Waals surface area contributed by atoms with Crippen LogP contribution in [0.1, 0.15) is 43.9 Å². The molecule has 2 aromatic carbocycles. The first-order valence-electron chi connectivity index (χ1n) is 9.88. The number of hydrogen-bond acceptors (Lipinski definition) is 4. The number of carbonyl (C=O) groups is 1. The van der Waals surface area contributed by atoms with E-state index < -0.39 is 6.04 Å². The number of pyridine rings is 1. The second kappa shape index (κ2) is 8.40. The van der Waals surface area contributed by atoms with Crippen LogP contribution in [0.3, 0.4) is 0 Å². The van der Waals surface area contributed by atoms with E-state index in [0.29, 0.717) is 47.0 Å². The summed E-state index contributed by atoms with van der Waals surface area (Å²) in [4.78, 5) is 17.1. The summed E-state index contributed by atoms with van der Waals surface area (Å²) in [6.45, 7) is 4.27. The Morgan fingerprint density at radius 2 is 2.07 bits per heavy atom. The van der Waals surface area contributed by atoms with Gasteiger partial charge in [0.05, 0.1) is 23.9 Å². The average Bonchev–Trinajstić information content (AvgIpc) is 3.18. The standard InChI is InChI=1S/C23H21ClFN3O2/c1-3-22(29)28-21(13-20(27-28)14-6-5-7-16(25)10-14)18-11-15-8-9-17(30-4-2)12-19(15)26-23(18)24/h5-12,21H,3-4,13H2,1-2H3. The summed E-state index contributed by atoms with van der Waals surface area (Å²) in [5, 5.41) is 7.16. The molecule has 1 atom stereocenters. The van der Waals surface area contributed by atoms with Gasteiger partial charge in [-0.25, -0.2) is 14.4 Å². The lowest BCUT2D eigenvalue weighted by Gasteiger charge is -2.22. The molecule has 0 saturated carbocycles. The molecule has 0 fully saturated rings. The highest BCUT2D eigenvalue weighted by molar-refractivity contribution is 6.30. The number of hydrogen-bond donors (Lipinski definition) is 0. The zero-order valence-corrected chi connectivity index (χ0v) is 17.5. The van der Waals surface area contributed by atoms with E-state index in [9.17, 15) is 9.18 Å². The van der Waals surface area contributed by atoms with Gasteiger partial charge < -0.3 is 4.74 Å². The molecule has 1 unspecified atom stereocenters. The summed E-state index contributed by atoms with van der Waals surface area (Å²) < 4.78 is 19.2. The van der Waals surface area contributed by atoms with Crippen LogP contribution in [0, 0.1) is 5.82 Å². The minimum Gasteiger partial charge on any atom is -0.494 e. The van der Waals surface area contributed by atoms with Crippen molar-refractivity contribution < 1.29 is 13.9 Å². The van der Waals surface area contributed by atoms with E-state index in [1.54, 1.807) is 19.1 Å². The van der Waals surface area contributed by atoms with Gasteiger partial charge in [-0.05, 0) is 37.3 Å². The van der Waals surface area contributed by atoms with Gasteiger partial charge in [0.2, 0.25) is 5.91 Å². The van der Waals surface area contributed by atoms with Gasteiger partial charge in [-0.2, -0.15) is 5.10 Å². The Bertz CT molecular complexity index is 1150. The van der Waals surface area contributed by atoms with E-state index in [4.69, 9.17) is 16.3 Å². The number of rotatable bonds is 5. The molecule has 1 aromatic heterocycles. The van der Waals surface area contributed by atoms with Gasteiger partial charge in [0.25, 0.3) is 0 Å². The van der Waals surface area contributed by atoms with Crippen molar-refractivity contribution >= 4 is 34.1 Å². The van der Waals surface area contributed by atoms with Gasteiger partial charge in [0.15, 0.2) is 0 Å². The molecule has 0 radical (unpaired) electrons. The van der Waals surface area contributed by atoms with Gasteiger partial charge >= 0.3 is 0 Å². The number of ether oxygens (including phenoxy) is 1. The number of benzene rings is 2. The Kier molecular flexibility index (Phi) is 5.68. The monoisotopic (exact) mass is 425 g/mol. The molecular weight excluding hydrogens is 405 g/mol. The Morgan fingerprint density at radius 3 is 2.80 bits per heavy atom. The van der Waals surface area contributed by atoms with E-state index >= 15 is 0 Å². The van der Waals surface area contributed by atoms with E-state index in [0.717, 1.165) is 11.1 Å². The lowest BCUT2D eigenvalue weighted by molar-refractivity contribution is -0.132. The summed E-state index contributed by atoms with van der Waals surface area (Å²) in [5.41, 5.74) is 2.72. The fourth-order valence-corrected chi connectivity index (χ4v) is 3.89. The van der Waals surface area contributed by atoms with Crippen molar-refractivity contribution in [2.24, 2.45) is 5.10 Å². The summed E-state index contributed by atoms with van der Waals surface area (Å²) in [5.74, 6) is 0.249. The van der Waals surface area contributed by atoms with Crippen LogP contribution in [0.25, 0.3) is 10.9 Å². The third kappa shape index (κ3) is 3.87. The first-order valence-corrected chi connectivity index (χ1v) is 10.3. The second-order valence-corrected chi connectivity index (χ2v) is 7.38. The molecular formula is C23H21ClFN3O2. The molecule has 30 heavy (non-hydrogen) atoms. The zero-order valence-electron chi connectivity index (χ0n) is 16.7. The predicted octanol–water partition coefficient (Wildman–Crippen LogP) is 5.51. The second-order valence-electron chi connectivity index (χ2n) is 7.02. The fourth-order valence-electron chi connectivity index (χ4n) is 3.62. The molecule has 0 bridgehead atoms. The predicted molar refractivity (Wildman–Crippen MR) is 115 cm³/mol. The molecule has 3 aromatic rings. The van der Waals surface area contributed by atoms with Crippen molar-refractivity contribution in [2.75, 3.05) is 6.61 Å². The average molecular weight is 426 g/mol. The molecule has 4 rings (SSSR count). The smallest absolute Gasteiger partial charge is 0.242 e. The lowest BCUT2D eigenvalue weighted by atomic mass is 9.98. The highest BCUT2D eigenvalue weighted by Crippen LogP contribution is 2.38. The molecule has 154 valence electrons. The molecule has 1 amide bonds. The van der Waals surface area contributed by atoms with Crippen molar-refractivity contribution in [3.63, 3.8) is 0 Å². The molecule has 1 aliphatic heterocycles. The zero-order chi connectivity index (χ0) is 21.3. The van der Waals surface area contributed by atoms with Gasteiger partial charge in [-0.15, -0.1) is 0 Å². The van der Waals surface area contributed by atoms with E-state index in [1.807, 2.05) is 31.2 Å². The van der Waals surface area contributed by atoms with Crippen LogP contribution in [-0.4, -0.2) is 28.2 Å². The fraction of sp³-hybridized carbons (Fsp3) is 0.261. The van der Waals surface area contributed by atoms with Crippen molar-refractivity contribution in [1.82, 2.24) is 9.99 Å². The summed E-state index contributed by atoms with van der Waals surface area (Å²) in [6, 6.07) is 13.4. The van der Waals surface area contributed by atoms with Crippen LogP contribution in [0.5, 0.6) is 5.75 Å². The van der Waals surface area contributed by atoms with Gasteiger partial charge in [-0.3, -0.25) is 4.79 Å². The number of halogens is 2. The number of aromatic nitrogens is 1. The third-order valence-corrected chi connectivity index (χ3v) is 5.37. The molecule has 0 spiro atoms. The van der Waals surface area contributed by atoms with Crippen LogP contribution in [0.4, 0.5) is 4.39 Å². The maximum Gasteiger partial charge on any atom is 0.242 e. The Balaban J connectivity index is 1.74. The molecule has 1 aliphatic rings.